The first-order valence-corrected chi connectivity index (χ1v) is 14.0. The van der Waals surface area contributed by atoms with E-state index < -0.39 is 11.0 Å². The first kappa shape index (κ1) is 20.6. The van der Waals surface area contributed by atoms with Crippen LogP contribution < -0.4 is 4.31 Å². The van der Waals surface area contributed by atoms with Crippen molar-refractivity contribution in [3.8, 4) is 0 Å². The molecule has 4 heterocycles. The lowest BCUT2D eigenvalue weighted by Gasteiger charge is -2.28. The Balaban J connectivity index is 1.34. The summed E-state index contributed by atoms with van der Waals surface area (Å²) >= 11 is 5.46. The predicted molar refractivity (Wildman–Crippen MR) is 134 cm³/mol. The Labute approximate surface area is 191 Å². The van der Waals surface area contributed by atoms with E-state index in [4.69, 9.17) is 4.99 Å². The van der Waals surface area contributed by atoms with E-state index >= 15 is 0 Å². The van der Waals surface area contributed by atoms with Crippen molar-refractivity contribution in [2.75, 3.05) is 49.0 Å². The SMILES string of the molecule is CN(c1cccc2cc(C3=NCC(CN4CCSCC4)S3)[nH]c12)S(=O)c1cccs1. The third-order valence-corrected chi connectivity index (χ3v) is 10.1. The van der Waals surface area contributed by atoms with Crippen LogP contribution in [-0.2, 0) is 11.0 Å². The lowest BCUT2D eigenvalue weighted by molar-refractivity contribution is 0.305. The largest absolute Gasteiger partial charge is 0.351 e. The van der Waals surface area contributed by atoms with E-state index in [1.807, 2.05) is 52.8 Å². The molecule has 0 spiro atoms. The topological polar surface area (TPSA) is 51.7 Å². The van der Waals surface area contributed by atoms with Gasteiger partial charge in [-0.1, -0.05) is 30.0 Å². The fourth-order valence-corrected chi connectivity index (χ4v) is 8.03. The zero-order valence-electron chi connectivity index (χ0n) is 16.7. The molecule has 2 aliphatic rings. The monoisotopic (exact) mass is 476 g/mol. The second kappa shape index (κ2) is 9.08. The van der Waals surface area contributed by atoms with Gasteiger partial charge in [0.05, 0.1) is 23.4 Å². The first-order valence-electron chi connectivity index (χ1n) is 10.0. The maximum Gasteiger partial charge on any atom is 0.163 e. The van der Waals surface area contributed by atoms with Crippen LogP contribution in [0.25, 0.3) is 10.9 Å². The zero-order valence-corrected chi connectivity index (χ0v) is 20.0. The zero-order chi connectivity index (χ0) is 20.5. The molecule has 0 saturated carbocycles. The average molecular weight is 477 g/mol. The van der Waals surface area contributed by atoms with Gasteiger partial charge in [0.2, 0.25) is 0 Å². The number of hydrogen-bond acceptors (Lipinski definition) is 6. The number of fused-ring (bicyclic) bond motifs is 1. The molecule has 1 aromatic carbocycles. The molecule has 5 rings (SSSR count). The number of aromatic amines is 1. The summed E-state index contributed by atoms with van der Waals surface area (Å²) in [5.41, 5.74) is 3.02. The number of aliphatic imine (C=N–C) groups is 1. The number of nitrogens with zero attached hydrogens (tertiary/aromatic N) is 3. The number of anilines is 1. The van der Waals surface area contributed by atoms with Crippen LogP contribution >= 0.6 is 34.9 Å². The lowest BCUT2D eigenvalue weighted by Crippen LogP contribution is -2.37. The van der Waals surface area contributed by atoms with Crippen molar-refractivity contribution >= 4 is 67.5 Å². The van der Waals surface area contributed by atoms with Gasteiger partial charge >= 0.3 is 0 Å². The van der Waals surface area contributed by atoms with Crippen LogP contribution in [0.1, 0.15) is 5.69 Å². The lowest BCUT2D eigenvalue weighted by atomic mass is 10.2. The fraction of sp³-hybridized carbons (Fsp3) is 0.381. The Morgan fingerprint density at radius 1 is 1.27 bits per heavy atom. The average Bonchev–Trinajstić information content (AvgIpc) is 3.53. The number of thioether (sulfide) groups is 2. The summed E-state index contributed by atoms with van der Waals surface area (Å²) in [5.74, 6) is 2.49. The number of nitrogens with one attached hydrogen (secondary N) is 1. The summed E-state index contributed by atoms with van der Waals surface area (Å²) in [7, 11) is 0.671. The summed E-state index contributed by atoms with van der Waals surface area (Å²) in [4.78, 5) is 11.0. The standard InChI is InChI=1S/C21H24N4OS4/c1-24(30(26)19-6-3-9-28-19)18-5-2-4-15-12-17(23-20(15)18)21-22-13-16(29-21)14-25-7-10-27-11-8-25/h2-6,9,12,16,23H,7-8,10-11,13-14H2,1H3. The number of thiophene rings is 1. The second-order valence-corrected chi connectivity index (χ2v) is 12.6. The summed E-state index contributed by atoms with van der Waals surface area (Å²) in [6, 6.07) is 12.2. The number of hydrogen-bond donors (Lipinski definition) is 1. The van der Waals surface area contributed by atoms with Crippen molar-refractivity contribution in [1.29, 1.82) is 0 Å². The van der Waals surface area contributed by atoms with Crippen LogP contribution in [0.4, 0.5) is 5.69 Å². The Morgan fingerprint density at radius 3 is 2.93 bits per heavy atom. The van der Waals surface area contributed by atoms with Crippen molar-refractivity contribution in [2.24, 2.45) is 4.99 Å². The van der Waals surface area contributed by atoms with Gasteiger partial charge < -0.3 is 9.88 Å². The van der Waals surface area contributed by atoms with Gasteiger partial charge in [0.15, 0.2) is 11.0 Å². The minimum Gasteiger partial charge on any atom is -0.351 e. The molecule has 1 saturated heterocycles. The highest BCUT2D eigenvalue weighted by Gasteiger charge is 2.25. The molecule has 1 N–H and O–H groups in total. The van der Waals surface area contributed by atoms with Gasteiger partial charge in [-0.3, -0.25) is 9.30 Å². The molecule has 30 heavy (non-hydrogen) atoms. The highest BCUT2D eigenvalue weighted by Crippen LogP contribution is 2.33. The minimum absolute atomic E-state index is 0.531. The molecular formula is C21H24N4OS4. The Kier molecular flexibility index (Phi) is 6.24. The summed E-state index contributed by atoms with van der Waals surface area (Å²) in [5, 5.41) is 4.71. The Morgan fingerprint density at radius 2 is 2.13 bits per heavy atom. The van der Waals surface area contributed by atoms with E-state index in [1.165, 1.54) is 35.9 Å². The summed E-state index contributed by atoms with van der Waals surface area (Å²) < 4.78 is 15.6. The van der Waals surface area contributed by atoms with Crippen molar-refractivity contribution in [1.82, 2.24) is 9.88 Å². The molecular weight excluding hydrogens is 453 g/mol. The van der Waals surface area contributed by atoms with Crippen molar-refractivity contribution in [2.45, 2.75) is 9.46 Å². The smallest absolute Gasteiger partial charge is 0.163 e. The molecule has 3 aromatic rings. The van der Waals surface area contributed by atoms with Gasteiger partial charge in [0.25, 0.3) is 0 Å². The summed E-state index contributed by atoms with van der Waals surface area (Å²) in [6.07, 6.45) is 0. The van der Waals surface area contributed by atoms with E-state index in [1.54, 1.807) is 0 Å². The van der Waals surface area contributed by atoms with Gasteiger partial charge in [0, 0.05) is 48.8 Å². The van der Waals surface area contributed by atoms with Crippen LogP contribution in [0.3, 0.4) is 0 Å². The molecule has 0 radical (unpaired) electrons. The molecule has 158 valence electrons. The number of para-hydroxylation sites is 1. The normalized spacial score (nSPS) is 21.1. The molecule has 5 nitrogen and oxygen atoms in total. The van der Waals surface area contributed by atoms with E-state index in [0.717, 1.165) is 44.6 Å². The molecule has 0 amide bonds. The maximum absolute atomic E-state index is 12.9. The third-order valence-electron chi connectivity index (χ3n) is 5.40. The van der Waals surface area contributed by atoms with Crippen molar-refractivity contribution in [3.63, 3.8) is 0 Å². The van der Waals surface area contributed by atoms with Crippen LogP contribution in [0.5, 0.6) is 0 Å². The molecule has 0 aliphatic carbocycles. The van der Waals surface area contributed by atoms with Crippen LogP contribution in [-0.4, -0.2) is 69.1 Å². The molecule has 9 heteroatoms. The first-order chi connectivity index (χ1) is 14.7. The Bertz CT molecular complexity index is 1070. The number of aromatic nitrogens is 1. The number of H-pyrrole nitrogens is 1. The Hall–Kier alpha value is -1.26. The molecule has 2 aromatic heterocycles. The van der Waals surface area contributed by atoms with E-state index in [-0.39, 0.29) is 0 Å². The number of benzene rings is 1. The van der Waals surface area contributed by atoms with Crippen LogP contribution in [0.15, 0.2) is 51.0 Å². The second-order valence-electron chi connectivity index (χ2n) is 7.40. The van der Waals surface area contributed by atoms with Crippen LogP contribution in [0.2, 0.25) is 0 Å². The molecule has 0 bridgehead atoms. The predicted octanol–water partition coefficient (Wildman–Crippen LogP) is 4.30. The van der Waals surface area contributed by atoms with Gasteiger partial charge in [-0.25, -0.2) is 4.21 Å². The van der Waals surface area contributed by atoms with E-state index in [2.05, 4.69) is 33.8 Å². The summed E-state index contributed by atoms with van der Waals surface area (Å²) in [6.45, 7) is 4.39. The molecule has 1 fully saturated rings. The van der Waals surface area contributed by atoms with Crippen molar-refractivity contribution in [3.05, 3.63) is 47.5 Å². The highest BCUT2D eigenvalue weighted by atomic mass is 32.2. The highest BCUT2D eigenvalue weighted by molar-refractivity contribution is 8.15. The van der Waals surface area contributed by atoms with Gasteiger partial charge in [-0.05, 0) is 23.6 Å². The fourth-order valence-electron chi connectivity index (χ4n) is 3.84. The van der Waals surface area contributed by atoms with Gasteiger partial charge in [-0.15, -0.1) is 11.3 Å². The minimum atomic E-state index is -1.22. The molecule has 2 aliphatic heterocycles. The maximum atomic E-state index is 12.9. The number of rotatable bonds is 6. The van der Waals surface area contributed by atoms with Gasteiger partial charge in [-0.2, -0.15) is 11.8 Å². The molecule has 2 atom stereocenters. The van der Waals surface area contributed by atoms with Crippen LogP contribution in [0, 0.1) is 0 Å². The van der Waals surface area contributed by atoms with Gasteiger partial charge in [0.1, 0.15) is 9.25 Å². The van der Waals surface area contributed by atoms with E-state index in [9.17, 15) is 4.21 Å². The van der Waals surface area contributed by atoms with Crippen molar-refractivity contribution < 1.29 is 4.21 Å². The van der Waals surface area contributed by atoms with E-state index in [0.29, 0.717) is 5.25 Å². The quantitative estimate of drug-likeness (QED) is 0.576. The molecule has 2 unspecified atom stereocenters. The third kappa shape index (κ3) is 4.23.